The number of nitrogens with one attached hydrogen (secondary N) is 1. The van der Waals surface area contributed by atoms with Gasteiger partial charge in [0, 0.05) is 37.9 Å². The molecule has 9 heteroatoms. The third kappa shape index (κ3) is 5.61. The van der Waals surface area contributed by atoms with Crippen LogP contribution in [-0.2, 0) is 20.9 Å². The Kier molecular flexibility index (Phi) is 6.84. The summed E-state index contributed by atoms with van der Waals surface area (Å²) >= 11 is 1.41. The van der Waals surface area contributed by atoms with E-state index in [-0.39, 0.29) is 36.9 Å². The van der Waals surface area contributed by atoms with Gasteiger partial charge in [-0.2, -0.15) is 0 Å². The molecular weight excluding hydrogens is 416 g/mol. The van der Waals surface area contributed by atoms with E-state index in [9.17, 15) is 9.59 Å². The standard InChI is InChI=1S/C22H28N4O4S/c1-15-11-25(12-16(2)30-15)13-17-14-31-22(23-17)24-20(27)7-8-21(28)26-9-10-29-19-6-4-3-5-18(19)26/h3-6,14-16H,7-13H2,1-2H3,(H,23,24,27). The number of benzene rings is 1. The first-order valence-corrected chi connectivity index (χ1v) is 11.5. The molecule has 1 aromatic heterocycles. The first-order chi connectivity index (χ1) is 15.0. The number of anilines is 2. The van der Waals surface area contributed by atoms with Gasteiger partial charge in [0.1, 0.15) is 12.4 Å². The van der Waals surface area contributed by atoms with Crippen LogP contribution in [0.3, 0.4) is 0 Å². The summed E-state index contributed by atoms with van der Waals surface area (Å²) in [4.78, 5) is 33.6. The van der Waals surface area contributed by atoms with Crippen LogP contribution in [0.4, 0.5) is 10.8 Å². The number of aromatic nitrogens is 1. The number of rotatable bonds is 6. The normalized spacial score (nSPS) is 21.3. The molecule has 3 heterocycles. The van der Waals surface area contributed by atoms with Gasteiger partial charge in [-0.25, -0.2) is 4.98 Å². The fourth-order valence-corrected chi connectivity index (χ4v) is 4.76. The highest BCUT2D eigenvalue weighted by Gasteiger charge is 2.24. The zero-order valence-corrected chi connectivity index (χ0v) is 18.7. The summed E-state index contributed by atoms with van der Waals surface area (Å²) < 4.78 is 11.4. The molecule has 166 valence electrons. The van der Waals surface area contributed by atoms with Crippen molar-refractivity contribution in [2.45, 2.75) is 45.4 Å². The number of ether oxygens (including phenoxy) is 2. The minimum absolute atomic E-state index is 0.0821. The summed E-state index contributed by atoms with van der Waals surface area (Å²) in [6.07, 6.45) is 0.670. The van der Waals surface area contributed by atoms with Crippen LogP contribution in [0.2, 0.25) is 0 Å². The Morgan fingerprint density at radius 3 is 2.77 bits per heavy atom. The lowest BCUT2D eigenvalue weighted by Gasteiger charge is -2.34. The van der Waals surface area contributed by atoms with Gasteiger partial charge in [-0.3, -0.25) is 14.5 Å². The Morgan fingerprint density at radius 2 is 1.97 bits per heavy atom. The van der Waals surface area contributed by atoms with Crippen molar-refractivity contribution < 1.29 is 19.1 Å². The van der Waals surface area contributed by atoms with E-state index in [1.807, 2.05) is 29.6 Å². The Bertz CT molecular complexity index is 924. The predicted molar refractivity (Wildman–Crippen MR) is 120 cm³/mol. The summed E-state index contributed by atoms with van der Waals surface area (Å²) in [7, 11) is 0. The van der Waals surface area contributed by atoms with Crippen molar-refractivity contribution in [1.29, 1.82) is 0 Å². The maximum absolute atomic E-state index is 12.7. The van der Waals surface area contributed by atoms with Crippen molar-refractivity contribution in [1.82, 2.24) is 9.88 Å². The second kappa shape index (κ2) is 9.76. The molecule has 0 radical (unpaired) electrons. The molecule has 0 bridgehead atoms. The number of hydrogen-bond acceptors (Lipinski definition) is 7. The minimum Gasteiger partial charge on any atom is -0.490 e. The number of hydrogen-bond donors (Lipinski definition) is 1. The van der Waals surface area contributed by atoms with Gasteiger partial charge >= 0.3 is 0 Å². The Morgan fingerprint density at radius 1 is 1.19 bits per heavy atom. The van der Waals surface area contributed by atoms with Crippen LogP contribution < -0.4 is 15.0 Å². The van der Waals surface area contributed by atoms with Crippen molar-refractivity contribution in [3.63, 3.8) is 0 Å². The molecule has 0 spiro atoms. The first kappa shape index (κ1) is 21.7. The van der Waals surface area contributed by atoms with Crippen molar-refractivity contribution in [2.24, 2.45) is 0 Å². The number of morpholine rings is 1. The van der Waals surface area contributed by atoms with Crippen LogP contribution in [0.15, 0.2) is 29.6 Å². The summed E-state index contributed by atoms with van der Waals surface area (Å²) in [5, 5.41) is 5.36. The van der Waals surface area contributed by atoms with Crippen LogP contribution in [0.1, 0.15) is 32.4 Å². The van der Waals surface area contributed by atoms with E-state index in [1.165, 1.54) is 11.3 Å². The summed E-state index contributed by atoms with van der Waals surface area (Å²) in [5.41, 5.74) is 1.69. The fraction of sp³-hybridized carbons (Fsp3) is 0.500. The monoisotopic (exact) mass is 444 g/mol. The van der Waals surface area contributed by atoms with Gasteiger partial charge in [-0.15, -0.1) is 11.3 Å². The van der Waals surface area contributed by atoms with E-state index < -0.39 is 0 Å². The van der Waals surface area contributed by atoms with Crippen LogP contribution in [0.5, 0.6) is 5.75 Å². The third-order valence-corrected chi connectivity index (χ3v) is 6.08. The van der Waals surface area contributed by atoms with Crippen LogP contribution >= 0.6 is 11.3 Å². The van der Waals surface area contributed by atoms with Crippen molar-refractivity contribution in [3.8, 4) is 5.75 Å². The topological polar surface area (TPSA) is 84.0 Å². The molecule has 1 saturated heterocycles. The highest BCUT2D eigenvalue weighted by molar-refractivity contribution is 7.13. The van der Waals surface area contributed by atoms with E-state index in [0.717, 1.165) is 31.0 Å². The summed E-state index contributed by atoms with van der Waals surface area (Å²) in [6.45, 7) is 7.58. The molecule has 2 amide bonds. The second-order valence-corrected chi connectivity index (χ2v) is 8.86. The van der Waals surface area contributed by atoms with Crippen LogP contribution in [-0.4, -0.2) is 60.1 Å². The molecule has 2 aliphatic heterocycles. The first-order valence-electron chi connectivity index (χ1n) is 10.6. The lowest BCUT2D eigenvalue weighted by Crippen LogP contribution is -2.44. The van der Waals surface area contributed by atoms with Crippen molar-refractivity contribution in [3.05, 3.63) is 35.3 Å². The van der Waals surface area contributed by atoms with Gasteiger partial charge in [-0.05, 0) is 26.0 Å². The number of amides is 2. The fourth-order valence-electron chi connectivity index (χ4n) is 4.05. The smallest absolute Gasteiger partial charge is 0.227 e. The average molecular weight is 445 g/mol. The van der Waals surface area contributed by atoms with Gasteiger partial charge in [-0.1, -0.05) is 12.1 Å². The number of para-hydroxylation sites is 2. The van der Waals surface area contributed by atoms with Gasteiger partial charge in [0.2, 0.25) is 11.8 Å². The average Bonchev–Trinajstić information content (AvgIpc) is 3.17. The third-order valence-electron chi connectivity index (χ3n) is 5.27. The SMILES string of the molecule is CC1CN(Cc2csc(NC(=O)CCC(=O)N3CCOc4ccccc43)n2)CC(C)O1. The predicted octanol–water partition coefficient (Wildman–Crippen LogP) is 2.90. The number of fused-ring (bicyclic) bond motifs is 1. The maximum Gasteiger partial charge on any atom is 0.227 e. The zero-order chi connectivity index (χ0) is 21.8. The van der Waals surface area contributed by atoms with E-state index in [0.29, 0.717) is 24.0 Å². The molecule has 2 aliphatic rings. The Hall–Kier alpha value is -2.49. The molecule has 2 atom stereocenters. The Balaban J connectivity index is 1.26. The lowest BCUT2D eigenvalue weighted by atomic mass is 10.2. The quantitative estimate of drug-likeness (QED) is 0.738. The molecule has 0 saturated carbocycles. The molecule has 1 N–H and O–H groups in total. The Labute approximate surface area is 186 Å². The molecule has 2 aromatic rings. The number of thiazole rings is 1. The number of carbonyl (C=O) groups excluding carboxylic acids is 2. The summed E-state index contributed by atoms with van der Waals surface area (Å²) in [5.74, 6) is 0.414. The molecule has 1 fully saturated rings. The van der Waals surface area contributed by atoms with E-state index >= 15 is 0 Å². The van der Waals surface area contributed by atoms with E-state index in [4.69, 9.17) is 9.47 Å². The number of nitrogens with zero attached hydrogens (tertiary/aromatic N) is 3. The molecule has 8 nitrogen and oxygen atoms in total. The highest BCUT2D eigenvalue weighted by atomic mass is 32.1. The van der Waals surface area contributed by atoms with Crippen LogP contribution in [0, 0.1) is 0 Å². The minimum atomic E-state index is -0.204. The van der Waals surface area contributed by atoms with Crippen LogP contribution in [0.25, 0.3) is 0 Å². The lowest BCUT2D eigenvalue weighted by molar-refractivity contribution is -0.122. The van der Waals surface area contributed by atoms with Crippen molar-refractivity contribution in [2.75, 3.05) is 36.5 Å². The van der Waals surface area contributed by atoms with Gasteiger partial charge in [0.15, 0.2) is 5.13 Å². The maximum atomic E-state index is 12.7. The van der Waals surface area contributed by atoms with Gasteiger partial charge in [0.05, 0.1) is 30.1 Å². The van der Waals surface area contributed by atoms with Gasteiger partial charge < -0.3 is 19.7 Å². The molecule has 0 aliphatic carbocycles. The molecule has 4 rings (SSSR count). The highest BCUT2D eigenvalue weighted by Crippen LogP contribution is 2.31. The molecule has 1 aromatic carbocycles. The van der Waals surface area contributed by atoms with Crippen molar-refractivity contribution >= 4 is 34.0 Å². The van der Waals surface area contributed by atoms with E-state index in [2.05, 4.69) is 29.0 Å². The van der Waals surface area contributed by atoms with E-state index in [1.54, 1.807) is 4.90 Å². The van der Waals surface area contributed by atoms with Gasteiger partial charge in [0.25, 0.3) is 0 Å². The summed E-state index contributed by atoms with van der Waals surface area (Å²) in [6, 6.07) is 7.46. The number of carbonyl (C=O) groups is 2. The second-order valence-electron chi connectivity index (χ2n) is 8.01. The molecule has 2 unspecified atom stereocenters. The largest absolute Gasteiger partial charge is 0.490 e. The molecular formula is C22H28N4O4S. The zero-order valence-electron chi connectivity index (χ0n) is 17.9. The molecule has 31 heavy (non-hydrogen) atoms.